The summed E-state index contributed by atoms with van der Waals surface area (Å²) in [7, 11) is 0. The lowest BCUT2D eigenvalue weighted by atomic mass is 10.1. The molecule has 2 N–H and O–H groups in total. The van der Waals surface area contributed by atoms with Crippen molar-refractivity contribution in [2.45, 2.75) is 26.7 Å². The molecule has 1 rings (SSSR count). The van der Waals surface area contributed by atoms with E-state index in [0.29, 0.717) is 36.4 Å². The average molecular weight is 212 g/mol. The summed E-state index contributed by atoms with van der Waals surface area (Å²) in [5.41, 5.74) is 1.20. The molecule has 0 unspecified atom stereocenters. The maximum Gasteiger partial charge on any atom is 0.256 e. The third kappa shape index (κ3) is 2.79. The van der Waals surface area contributed by atoms with Gasteiger partial charge in [-0.05, 0) is 19.8 Å². The van der Waals surface area contributed by atoms with Gasteiger partial charge in [0.1, 0.15) is 11.3 Å². The largest absolute Gasteiger partial charge is 0.396 e. The van der Waals surface area contributed by atoms with Gasteiger partial charge in [0.25, 0.3) is 5.91 Å². The van der Waals surface area contributed by atoms with Crippen molar-refractivity contribution in [2.24, 2.45) is 0 Å². The Morgan fingerprint density at radius 3 is 2.93 bits per heavy atom. The Morgan fingerprint density at radius 1 is 1.60 bits per heavy atom. The fourth-order valence-corrected chi connectivity index (χ4v) is 1.32. The van der Waals surface area contributed by atoms with Gasteiger partial charge in [0, 0.05) is 13.2 Å². The highest BCUT2D eigenvalue weighted by Gasteiger charge is 2.18. The highest BCUT2D eigenvalue weighted by atomic mass is 16.5. The lowest BCUT2D eigenvalue weighted by Gasteiger charge is -2.03. The van der Waals surface area contributed by atoms with Gasteiger partial charge in [-0.25, -0.2) is 0 Å². The number of hydrogen-bond acceptors (Lipinski definition) is 4. The maximum atomic E-state index is 11.7. The Kier molecular flexibility index (Phi) is 4.30. The summed E-state index contributed by atoms with van der Waals surface area (Å²) in [6, 6.07) is 0. The van der Waals surface area contributed by atoms with E-state index in [9.17, 15) is 4.79 Å². The Hall–Kier alpha value is -1.36. The molecule has 0 bridgehead atoms. The third-order valence-corrected chi connectivity index (χ3v) is 2.12. The van der Waals surface area contributed by atoms with Crippen molar-refractivity contribution in [3.05, 3.63) is 17.0 Å². The minimum absolute atomic E-state index is 0.0730. The molecule has 1 amide bonds. The van der Waals surface area contributed by atoms with Gasteiger partial charge < -0.3 is 14.9 Å². The van der Waals surface area contributed by atoms with Gasteiger partial charge in [-0.15, -0.1) is 0 Å². The van der Waals surface area contributed by atoms with Crippen LogP contribution in [0.2, 0.25) is 0 Å². The molecule has 1 aromatic rings. The molecule has 0 aromatic carbocycles. The normalized spacial score (nSPS) is 10.3. The van der Waals surface area contributed by atoms with Crippen LogP contribution in [0.5, 0.6) is 0 Å². The van der Waals surface area contributed by atoms with Crippen molar-refractivity contribution >= 4 is 5.91 Å². The van der Waals surface area contributed by atoms with Crippen LogP contribution in [0.25, 0.3) is 0 Å². The molecular formula is C10H16N2O3. The summed E-state index contributed by atoms with van der Waals surface area (Å²) in [4.78, 5) is 11.7. The molecule has 0 atom stereocenters. The van der Waals surface area contributed by atoms with E-state index in [-0.39, 0.29) is 12.5 Å². The summed E-state index contributed by atoms with van der Waals surface area (Å²) >= 11 is 0. The number of hydrogen-bond donors (Lipinski definition) is 2. The lowest BCUT2D eigenvalue weighted by molar-refractivity contribution is 0.0949. The van der Waals surface area contributed by atoms with Crippen molar-refractivity contribution in [2.75, 3.05) is 13.2 Å². The molecule has 0 saturated heterocycles. The number of aromatic nitrogens is 1. The van der Waals surface area contributed by atoms with E-state index < -0.39 is 0 Å². The van der Waals surface area contributed by atoms with Crippen LogP contribution < -0.4 is 5.32 Å². The highest BCUT2D eigenvalue weighted by molar-refractivity contribution is 5.96. The molecule has 15 heavy (non-hydrogen) atoms. The van der Waals surface area contributed by atoms with Crippen molar-refractivity contribution in [3.63, 3.8) is 0 Å². The number of rotatable bonds is 5. The van der Waals surface area contributed by atoms with Gasteiger partial charge in [-0.3, -0.25) is 4.79 Å². The molecule has 0 aliphatic heterocycles. The second-order valence-corrected chi connectivity index (χ2v) is 3.25. The van der Waals surface area contributed by atoms with Gasteiger partial charge in [0.2, 0.25) is 0 Å². The van der Waals surface area contributed by atoms with E-state index in [1.807, 2.05) is 6.92 Å². The maximum absolute atomic E-state index is 11.7. The molecule has 0 aliphatic rings. The van der Waals surface area contributed by atoms with E-state index in [1.165, 1.54) is 0 Å². The van der Waals surface area contributed by atoms with Crippen LogP contribution in [-0.2, 0) is 6.42 Å². The van der Waals surface area contributed by atoms with E-state index in [2.05, 4.69) is 10.5 Å². The van der Waals surface area contributed by atoms with Crippen LogP contribution in [-0.4, -0.2) is 29.3 Å². The first-order chi connectivity index (χ1) is 7.20. The summed E-state index contributed by atoms with van der Waals surface area (Å²) in [5, 5.41) is 15.1. The molecule has 0 spiro atoms. The molecule has 0 fully saturated rings. The van der Waals surface area contributed by atoms with Crippen LogP contribution in [0.15, 0.2) is 4.52 Å². The van der Waals surface area contributed by atoms with Crippen molar-refractivity contribution in [3.8, 4) is 0 Å². The predicted molar refractivity (Wildman–Crippen MR) is 54.7 cm³/mol. The lowest BCUT2D eigenvalue weighted by Crippen LogP contribution is -2.26. The summed E-state index contributed by atoms with van der Waals surface area (Å²) in [5.74, 6) is 0.354. The Bertz CT molecular complexity index is 333. The second-order valence-electron chi connectivity index (χ2n) is 3.25. The minimum Gasteiger partial charge on any atom is -0.396 e. The fourth-order valence-electron chi connectivity index (χ4n) is 1.32. The smallest absolute Gasteiger partial charge is 0.256 e. The topological polar surface area (TPSA) is 75.4 Å². The molecule has 0 saturated carbocycles. The SMILES string of the molecule is CCc1noc(C)c1C(=O)NCCCO. The first-order valence-corrected chi connectivity index (χ1v) is 5.04. The average Bonchev–Trinajstić information content (AvgIpc) is 2.59. The van der Waals surface area contributed by atoms with Gasteiger partial charge in [-0.2, -0.15) is 0 Å². The first-order valence-electron chi connectivity index (χ1n) is 5.04. The molecule has 5 heteroatoms. The number of nitrogens with one attached hydrogen (secondary N) is 1. The molecule has 84 valence electrons. The number of carbonyl (C=O) groups is 1. The van der Waals surface area contributed by atoms with Crippen LogP contribution in [0.4, 0.5) is 0 Å². The quantitative estimate of drug-likeness (QED) is 0.703. The number of amides is 1. The third-order valence-electron chi connectivity index (χ3n) is 2.12. The molecular weight excluding hydrogens is 196 g/mol. The summed E-state index contributed by atoms with van der Waals surface area (Å²) < 4.78 is 4.95. The Balaban J connectivity index is 2.67. The molecule has 1 heterocycles. The summed E-state index contributed by atoms with van der Waals surface area (Å²) in [6.45, 7) is 4.17. The number of aliphatic hydroxyl groups is 1. The Morgan fingerprint density at radius 2 is 2.33 bits per heavy atom. The second kappa shape index (κ2) is 5.50. The standard InChI is InChI=1S/C10H16N2O3/c1-3-8-9(7(2)15-12-8)10(14)11-5-4-6-13/h13H,3-6H2,1-2H3,(H,11,14). The van der Waals surface area contributed by atoms with Crippen molar-refractivity contribution in [1.82, 2.24) is 10.5 Å². The predicted octanol–water partition coefficient (Wildman–Crippen LogP) is 0.658. The van der Waals surface area contributed by atoms with E-state index in [1.54, 1.807) is 6.92 Å². The van der Waals surface area contributed by atoms with E-state index >= 15 is 0 Å². The number of aliphatic hydroxyl groups excluding tert-OH is 1. The minimum atomic E-state index is -0.181. The van der Waals surface area contributed by atoms with Gasteiger partial charge in [0.15, 0.2) is 0 Å². The molecule has 5 nitrogen and oxygen atoms in total. The molecule has 1 aromatic heterocycles. The van der Waals surface area contributed by atoms with Gasteiger partial charge >= 0.3 is 0 Å². The van der Waals surface area contributed by atoms with E-state index in [0.717, 1.165) is 0 Å². The highest BCUT2D eigenvalue weighted by Crippen LogP contribution is 2.13. The van der Waals surface area contributed by atoms with Crippen molar-refractivity contribution in [1.29, 1.82) is 0 Å². The number of nitrogens with zero attached hydrogens (tertiary/aromatic N) is 1. The summed E-state index contributed by atoms with van der Waals surface area (Å²) in [6.07, 6.45) is 1.22. The van der Waals surface area contributed by atoms with Crippen LogP contribution in [0, 0.1) is 6.92 Å². The van der Waals surface area contributed by atoms with E-state index in [4.69, 9.17) is 9.63 Å². The monoisotopic (exact) mass is 212 g/mol. The van der Waals surface area contributed by atoms with Gasteiger partial charge in [-0.1, -0.05) is 12.1 Å². The zero-order chi connectivity index (χ0) is 11.3. The Labute approximate surface area is 88.5 Å². The van der Waals surface area contributed by atoms with Crippen LogP contribution >= 0.6 is 0 Å². The van der Waals surface area contributed by atoms with Gasteiger partial charge in [0.05, 0.1) is 5.69 Å². The molecule has 0 aliphatic carbocycles. The zero-order valence-electron chi connectivity index (χ0n) is 9.04. The number of aryl methyl sites for hydroxylation is 2. The molecule has 0 radical (unpaired) electrons. The fraction of sp³-hybridized carbons (Fsp3) is 0.600. The van der Waals surface area contributed by atoms with Crippen molar-refractivity contribution < 1.29 is 14.4 Å². The first kappa shape index (κ1) is 11.7. The zero-order valence-corrected chi connectivity index (χ0v) is 9.04. The van der Waals surface area contributed by atoms with Crippen LogP contribution in [0.3, 0.4) is 0 Å². The van der Waals surface area contributed by atoms with Crippen LogP contribution in [0.1, 0.15) is 35.2 Å². The number of carbonyl (C=O) groups excluding carboxylic acids is 1.